The van der Waals surface area contributed by atoms with Gasteiger partial charge in [-0.2, -0.15) is 96.9 Å². The van der Waals surface area contributed by atoms with Crippen molar-refractivity contribution in [1.82, 2.24) is 42.5 Å². The summed E-state index contributed by atoms with van der Waals surface area (Å²) >= 11 is 0. The van der Waals surface area contributed by atoms with Gasteiger partial charge < -0.3 is 176 Å². The molecular formula is C57H126N12U12. The fourth-order valence-electron chi connectivity index (χ4n) is 2.83. The molecule has 0 unspecified atom stereocenters. The minimum absolute atomic E-state index is 0. The number of hydrogen-bond acceptors (Lipinski definition) is 8. The third kappa shape index (κ3) is 367. The van der Waals surface area contributed by atoms with Gasteiger partial charge in [0.05, 0.1) is 0 Å². The van der Waals surface area contributed by atoms with E-state index in [1.54, 1.807) is 0 Å². The summed E-state index contributed by atoms with van der Waals surface area (Å²) < 4.78 is 0. The molecular weight excluding hydrogens is 3710 g/mol. The maximum Gasteiger partial charge on any atom is 2.00 e. The molecule has 0 rings (SSSR count). The van der Waals surface area contributed by atoms with Gasteiger partial charge >= 0.3 is 373 Å². The molecule has 0 radical (unpaired) electrons. The van der Waals surface area contributed by atoms with E-state index in [9.17, 15) is 0 Å². The molecule has 0 aromatic rings. The number of unbranched alkanes of at least 4 members (excludes halogenated alkanes) is 10. The van der Waals surface area contributed by atoms with Crippen molar-refractivity contribution in [2.45, 2.75) is 135 Å². The molecule has 0 aliphatic carbocycles. The minimum Gasteiger partial charge on any atom is -0.679 e. The van der Waals surface area contributed by atoms with Crippen LogP contribution in [0.3, 0.4) is 0 Å². The average molecular weight is 3840 g/mol. The molecule has 0 fully saturated rings. The Balaban J connectivity index is -0.0000000197. The molecule has 0 bridgehead atoms. The van der Waals surface area contributed by atoms with Crippen LogP contribution in [0.1, 0.15) is 135 Å². The molecule has 0 aromatic heterocycles. The van der Waals surface area contributed by atoms with Crippen LogP contribution in [0.25, 0.3) is 22.9 Å². The summed E-state index contributed by atoms with van der Waals surface area (Å²) in [5, 5.41) is 23.0. The van der Waals surface area contributed by atoms with Gasteiger partial charge in [-0.15, -0.1) is 26.2 Å². The van der Waals surface area contributed by atoms with Gasteiger partial charge in [-0.05, 0) is 45.7 Å². The molecule has 0 saturated heterocycles. The Labute approximate surface area is 801 Å². The van der Waals surface area contributed by atoms with Crippen LogP contribution >= 0.6 is 0 Å². The zero-order valence-corrected chi connectivity index (χ0v) is 102. The first kappa shape index (κ1) is 165. The van der Waals surface area contributed by atoms with Crippen LogP contribution in [0.5, 0.6) is 0 Å². The second kappa shape index (κ2) is 234. The van der Waals surface area contributed by atoms with E-state index in [2.05, 4.69) is 182 Å². The van der Waals surface area contributed by atoms with Gasteiger partial charge in [0.2, 0.25) is 0 Å². The van der Waals surface area contributed by atoms with E-state index in [0.29, 0.717) is 32.7 Å². The van der Waals surface area contributed by atoms with E-state index >= 15 is 0 Å². The summed E-state index contributed by atoms with van der Waals surface area (Å²) in [6.45, 7) is 70.7. The molecule has 0 aromatic carbocycles. The molecule has 24 heteroatoms. The third-order valence-corrected chi connectivity index (χ3v) is 6.57. The molecule has 12 nitrogen and oxygen atoms in total. The Kier molecular flexibility index (Phi) is 479. The summed E-state index contributed by atoms with van der Waals surface area (Å²) in [5.74, 6) is 0. The quantitative estimate of drug-likeness (QED) is 0.0235. The fourth-order valence-corrected chi connectivity index (χ4v) is 2.83. The molecule has 81 heavy (non-hydrogen) atoms. The molecule has 0 atom stereocenters. The zero-order chi connectivity index (χ0) is 55.8. The molecule has 0 saturated carbocycles. The Hall–Kier alpha value is 12.1. The van der Waals surface area contributed by atoms with Crippen LogP contribution in [0, 0.1) is 512 Å². The maximum atomic E-state index is 6.76. The van der Waals surface area contributed by atoms with Crippen molar-refractivity contribution in [3.05, 3.63) is 162 Å². The van der Waals surface area contributed by atoms with Crippen LogP contribution in [0.2, 0.25) is 0 Å². The Morgan fingerprint density at radius 2 is 0.432 bits per heavy atom. The van der Waals surface area contributed by atoms with Crippen LogP contribution in [-0.4, -0.2) is 105 Å². The standard InChI is InChI=1S/4C6H13N.3C5H11N.3C4H9N.2C3H7N.12U/c1-3-4-5-6-7-2;1-3-5-6-7-4-2;1-3-5-7-6-4-2;1-2-3-4-5-6-7;1-3-4-5-6-2;1-3-5-6-4-2;1-2-3-4-5-6;1-3-4-5-2;1-3-5-4-2;1-2-3-4-5;1-3-4-2;1-2-3-4;;;;;;;;;;;;/h4*7H,1-6H2;3*6H,1-5H2;3*5H,1-4H2;2*4H,1-3H2;;;;;;;;;;;;/q12*-2;12*+2. The molecule has 0 heterocycles. The van der Waals surface area contributed by atoms with Crippen LogP contribution in [-0.2, 0) is 0 Å². The first-order valence-corrected chi connectivity index (χ1v) is 25.6. The van der Waals surface area contributed by atoms with Gasteiger partial charge in [-0.3, -0.25) is 28.2 Å². The Morgan fingerprint density at radius 1 is 0.185 bits per heavy atom. The fraction of sp³-hybridized carbons (Fsp3) is 0.649. The predicted molar refractivity (Wildman–Crippen MR) is 324 cm³/mol. The number of rotatable bonds is 33. The molecule has 0 amide bonds. The molecule has 0 aliphatic heterocycles. The van der Waals surface area contributed by atoms with Crippen molar-refractivity contribution in [2.75, 3.05) is 105 Å². The van der Waals surface area contributed by atoms with Crippen LogP contribution in [0.4, 0.5) is 0 Å². The van der Waals surface area contributed by atoms with Crippen molar-refractivity contribution in [2.24, 2.45) is 0 Å². The van der Waals surface area contributed by atoms with E-state index in [1.165, 1.54) is 25.7 Å². The summed E-state index contributed by atoms with van der Waals surface area (Å²) in [6.07, 6.45) is 21.8. The van der Waals surface area contributed by atoms with Gasteiger partial charge in [0, 0.05) is 0 Å². The third-order valence-electron chi connectivity index (χ3n) is 6.57. The topological polar surface area (TPSA) is 191 Å². The second-order valence-electron chi connectivity index (χ2n) is 13.4. The average Bonchev–Trinajstić information content (AvgIpc) is 3.37. The van der Waals surface area contributed by atoms with Crippen molar-refractivity contribution in [1.29, 1.82) is 0 Å². The van der Waals surface area contributed by atoms with E-state index in [0.717, 1.165) is 181 Å². The van der Waals surface area contributed by atoms with E-state index in [-0.39, 0.29) is 373 Å². The number of nitrogens with one attached hydrogen (secondary N) is 12. The monoisotopic (exact) mass is 3840 g/mol. The van der Waals surface area contributed by atoms with Gasteiger partial charge in [0.1, 0.15) is 0 Å². The SMILES string of the molecule is [CH2-]CCCCC[NH-].[CH2-]CCCCN[CH2-].[CH2-]CCCC[NH-].[CH2-]CCCNC[CH2-].[CH2-]CCCN[CH2-].[CH2-]CCC[NH-].[CH2-]CCNCC[CH2-].[CH2-]CCNC[CH2-].[CH2-]CCN[CH2-].[CH2-]CC[NH-].[CH2-]CNC[CH2-].[CH2-]CN[CH2-].[U+2].[U+2].[U+2].[U+2].[U+2].[U+2].[U+2].[U+2].[U+2].[U+2].[U+2].[U+2]. The zero-order valence-electron chi connectivity index (χ0n) is 52.3. The Bertz CT molecular complexity index is 474. The second-order valence-corrected chi connectivity index (χ2v) is 13.4. The normalized spacial score (nSPS) is 7.56. The van der Waals surface area contributed by atoms with E-state index in [1.807, 2.05) is 0 Å². The van der Waals surface area contributed by atoms with Gasteiger partial charge in [-0.1, -0.05) is 64.3 Å². The number of hydrogen-bond donors (Lipinski definition) is 8. The van der Waals surface area contributed by atoms with Crippen molar-refractivity contribution < 1.29 is 373 Å². The Morgan fingerprint density at radius 3 is 0.605 bits per heavy atom. The predicted octanol–water partition coefficient (Wildman–Crippen LogP) is 13.5. The molecule has 12 N–H and O–H groups in total. The molecule has 462 valence electrons. The van der Waals surface area contributed by atoms with Crippen molar-refractivity contribution in [3.63, 3.8) is 0 Å². The van der Waals surface area contributed by atoms with Gasteiger partial charge in [0.25, 0.3) is 0 Å². The first-order valence-electron chi connectivity index (χ1n) is 25.6. The smallest absolute Gasteiger partial charge is 0.679 e. The minimum atomic E-state index is 0. The van der Waals surface area contributed by atoms with Gasteiger partial charge in [-0.25, -0.2) is 6.42 Å². The van der Waals surface area contributed by atoms with Gasteiger partial charge in [0.15, 0.2) is 0 Å². The van der Waals surface area contributed by atoms with Crippen molar-refractivity contribution >= 4 is 0 Å². The van der Waals surface area contributed by atoms with Crippen LogP contribution < -0.4 is 42.5 Å². The molecule has 0 aliphatic rings. The summed E-state index contributed by atoms with van der Waals surface area (Å²) in [4.78, 5) is 0. The maximum absolute atomic E-state index is 6.76. The van der Waals surface area contributed by atoms with Crippen LogP contribution in [0.15, 0.2) is 0 Å². The molecule has 0 spiro atoms. The van der Waals surface area contributed by atoms with Crippen molar-refractivity contribution in [3.8, 4) is 0 Å². The summed E-state index contributed by atoms with van der Waals surface area (Å²) in [6, 6.07) is 0. The summed E-state index contributed by atoms with van der Waals surface area (Å²) in [7, 11) is 13.6. The van der Waals surface area contributed by atoms with E-state index < -0.39 is 0 Å². The summed E-state index contributed by atoms with van der Waals surface area (Å²) in [5.41, 5.74) is 26.4. The van der Waals surface area contributed by atoms with E-state index in [4.69, 9.17) is 22.9 Å². The largest absolute Gasteiger partial charge is 2.00 e. The first-order chi connectivity index (χ1) is 33.5.